The lowest BCUT2D eigenvalue weighted by atomic mass is 9.90. The van der Waals surface area contributed by atoms with Crippen molar-refractivity contribution >= 4 is 28.5 Å². The third-order valence-electron chi connectivity index (χ3n) is 6.92. The fraction of sp³-hybridized carbons (Fsp3) is 0.538. The zero-order valence-corrected chi connectivity index (χ0v) is 20.2. The van der Waals surface area contributed by atoms with E-state index in [9.17, 15) is 24.0 Å². The Morgan fingerprint density at radius 3 is 2.66 bits per heavy atom. The Bertz CT molecular complexity index is 1190. The van der Waals surface area contributed by atoms with Gasteiger partial charge in [-0.2, -0.15) is 5.26 Å². The molecule has 3 unspecified atom stereocenters. The van der Waals surface area contributed by atoms with E-state index in [4.69, 9.17) is 4.74 Å². The van der Waals surface area contributed by atoms with Crippen LogP contribution in [-0.4, -0.2) is 41.3 Å². The van der Waals surface area contributed by atoms with Crippen LogP contribution in [0.3, 0.4) is 0 Å². The molecule has 0 radical (unpaired) electrons. The maximum absolute atomic E-state index is 14.3. The van der Waals surface area contributed by atoms with Crippen LogP contribution in [0.5, 0.6) is 5.75 Å². The van der Waals surface area contributed by atoms with Gasteiger partial charge in [0, 0.05) is 29.2 Å². The third-order valence-corrected chi connectivity index (χ3v) is 6.92. The zero-order chi connectivity index (χ0) is 25.3. The van der Waals surface area contributed by atoms with E-state index in [-0.39, 0.29) is 53.1 Å². The molecule has 1 aliphatic carbocycles. The van der Waals surface area contributed by atoms with Crippen LogP contribution >= 0.6 is 0 Å². The molecule has 1 saturated carbocycles. The van der Waals surface area contributed by atoms with E-state index in [2.05, 4.69) is 21.7 Å². The van der Waals surface area contributed by atoms with Crippen molar-refractivity contribution in [2.24, 2.45) is 17.8 Å². The average Bonchev–Trinajstić information content (AvgIpc) is 3.43. The largest absolute Gasteiger partial charge is 0.496 e. The fourth-order valence-corrected chi connectivity index (χ4v) is 4.96. The predicted molar refractivity (Wildman–Crippen MR) is 127 cm³/mol. The van der Waals surface area contributed by atoms with Crippen molar-refractivity contribution in [1.29, 1.82) is 5.26 Å². The summed E-state index contributed by atoms with van der Waals surface area (Å²) in [6.07, 6.45) is 3.31. The second-order valence-electron chi connectivity index (χ2n) is 10.4. The lowest BCUT2D eigenvalue weighted by Gasteiger charge is -2.20. The summed E-state index contributed by atoms with van der Waals surface area (Å²) in [7, 11) is 1.47. The number of methoxy groups -OCH3 is 1. The van der Waals surface area contributed by atoms with E-state index in [1.54, 1.807) is 6.07 Å². The standard InChI is InChI=1S/C26H31FN4O4/c1-26(2)12-16(25(34)31-26)9-17(13-28)29-24(33)15(8-14-4-5-14)10-21(32)20-11-18-22(35-3)7-6-19(27)23(18)30-20/h6-7,11,14-17,30H,4-5,8-10,12H2,1-3H3,(H,29,33)(H,31,34). The number of rotatable bonds is 10. The monoisotopic (exact) mass is 482 g/mol. The molecule has 2 heterocycles. The third kappa shape index (κ3) is 5.64. The van der Waals surface area contributed by atoms with Gasteiger partial charge in [0.1, 0.15) is 17.6 Å². The molecule has 2 aromatic rings. The van der Waals surface area contributed by atoms with Crippen molar-refractivity contribution in [1.82, 2.24) is 15.6 Å². The lowest BCUT2D eigenvalue weighted by Crippen LogP contribution is -2.40. The van der Waals surface area contributed by atoms with Crippen molar-refractivity contribution in [3.8, 4) is 11.8 Å². The van der Waals surface area contributed by atoms with Gasteiger partial charge in [-0.05, 0) is 57.2 Å². The number of ether oxygens (including phenoxy) is 1. The number of hydrogen-bond donors (Lipinski definition) is 3. The van der Waals surface area contributed by atoms with Crippen molar-refractivity contribution in [3.63, 3.8) is 0 Å². The first-order valence-corrected chi connectivity index (χ1v) is 12.0. The van der Waals surface area contributed by atoms with E-state index in [0.29, 0.717) is 29.9 Å². The number of benzene rings is 1. The smallest absolute Gasteiger partial charge is 0.224 e. The molecule has 2 fully saturated rings. The number of aromatic amines is 1. The Morgan fingerprint density at radius 2 is 2.06 bits per heavy atom. The number of carbonyl (C=O) groups excluding carboxylic acids is 3. The minimum absolute atomic E-state index is 0.0613. The molecular weight excluding hydrogens is 451 g/mol. The minimum atomic E-state index is -0.824. The Kier molecular flexibility index (Phi) is 6.84. The van der Waals surface area contributed by atoms with Gasteiger partial charge in [0.05, 0.1) is 24.4 Å². The summed E-state index contributed by atoms with van der Waals surface area (Å²) in [4.78, 5) is 41.3. The second kappa shape index (κ2) is 9.68. The molecule has 3 N–H and O–H groups in total. The first-order chi connectivity index (χ1) is 16.6. The Morgan fingerprint density at radius 1 is 1.31 bits per heavy atom. The van der Waals surface area contributed by atoms with Crippen LogP contribution in [0, 0.1) is 34.9 Å². The molecule has 2 aliphatic rings. The summed E-state index contributed by atoms with van der Waals surface area (Å²) in [5.74, 6) is -1.43. The number of fused-ring (bicyclic) bond motifs is 1. The number of carbonyl (C=O) groups is 3. The Balaban J connectivity index is 1.46. The summed E-state index contributed by atoms with van der Waals surface area (Å²) in [5, 5.41) is 15.8. The van der Waals surface area contributed by atoms with Gasteiger partial charge in [0.15, 0.2) is 5.78 Å². The summed E-state index contributed by atoms with van der Waals surface area (Å²) in [6, 6.07) is 5.58. The van der Waals surface area contributed by atoms with E-state index >= 15 is 0 Å². The highest BCUT2D eigenvalue weighted by Crippen LogP contribution is 2.37. The number of ketones is 1. The fourth-order valence-electron chi connectivity index (χ4n) is 4.96. The van der Waals surface area contributed by atoms with Gasteiger partial charge in [0.2, 0.25) is 11.8 Å². The molecule has 186 valence electrons. The number of aromatic nitrogens is 1. The van der Waals surface area contributed by atoms with Gasteiger partial charge >= 0.3 is 0 Å². The first kappa shape index (κ1) is 24.7. The van der Waals surface area contributed by atoms with E-state index in [0.717, 1.165) is 12.8 Å². The topological polar surface area (TPSA) is 124 Å². The average molecular weight is 483 g/mol. The van der Waals surface area contributed by atoms with Crippen LogP contribution < -0.4 is 15.4 Å². The van der Waals surface area contributed by atoms with Gasteiger partial charge < -0.3 is 20.4 Å². The van der Waals surface area contributed by atoms with Crippen LogP contribution in [0.2, 0.25) is 0 Å². The predicted octanol–water partition coefficient (Wildman–Crippen LogP) is 3.62. The molecule has 1 aromatic carbocycles. The van der Waals surface area contributed by atoms with Gasteiger partial charge in [-0.25, -0.2) is 4.39 Å². The van der Waals surface area contributed by atoms with Gasteiger partial charge in [-0.1, -0.05) is 12.8 Å². The summed E-state index contributed by atoms with van der Waals surface area (Å²) < 4.78 is 19.5. The number of Topliss-reactive ketones (excluding diaryl/α,β-unsaturated/α-hetero) is 1. The Labute approximate surface area is 203 Å². The number of amides is 2. The number of halogens is 1. The molecular formula is C26H31FN4O4. The minimum Gasteiger partial charge on any atom is -0.496 e. The maximum Gasteiger partial charge on any atom is 0.224 e. The number of hydrogen-bond acceptors (Lipinski definition) is 5. The molecule has 9 heteroatoms. The van der Waals surface area contributed by atoms with Crippen LogP contribution in [0.4, 0.5) is 4.39 Å². The van der Waals surface area contributed by atoms with E-state index in [1.165, 1.54) is 19.2 Å². The highest BCUT2D eigenvalue weighted by molar-refractivity contribution is 6.02. The van der Waals surface area contributed by atoms with Crippen LogP contribution in [-0.2, 0) is 9.59 Å². The second-order valence-corrected chi connectivity index (χ2v) is 10.4. The number of nitrogens with zero attached hydrogens (tertiary/aromatic N) is 1. The van der Waals surface area contributed by atoms with Crippen LogP contribution in [0.1, 0.15) is 62.9 Å². The lowest BCUT2D eigenvalue weighted by molar-refractivity contribution is -0.127. The Hall–Kier alpha value is -3.41. The number of nitriles is 1. The summed E-state index contributed by atoms with van der Waals surface area (Å²) in [5.41, 5.74) is 0.0472. The van der Waals surface area contributed by atoms with E-state index < -0.39 is 17.8 Å². The molecule has 1 aliphatic heterocycles. The maximum atomic E-state index is 14.3. The van der Waals surface area contributed by atoms with Gasteiger partial charge in [-0.3, -0.25) is 14.4 Å². The summed E-state index contributed by atoms with van der Waals surface area (Å²) >= 11 is 0. The number of nitrogens with one attached hydrogen (secondary N) is 3. The summed E-state index contributed by atoms with van der Waals surface area (Å²) in [6.45, 7) is 3.85. The van der Waals surface area contributed by atoms with Crippen molar-refractivity contribution in [2.75, 3.05) is 7.11 Å². The number of H-pyrrole nitrogens is 1. The van der Waals surface area contributed by atoms with Gasteiger partial charge in [-0.15, -0.1) is 0 Å². The molecule has 35 heavy (non-hydrogen) atoms. The molecule has 1 aromatic heterocycles. The van der Waals surface area contributed by atoms with Gasteiger partial charge in [0.25, 0.3) is 0 Å². The highest BCUT2D eigenvalue weighted by atomic mass is 19.1. The highest BCUT2D eigenvalue weighted by Gasteiger charge is 2.39. The molecule has 0 spiro atoms. The van der Waals surface area contributed by atoms with E-state index in [1.807, 2.05) is 13.8 Å². The molecule has 2 amide bonds. The van der Waals surface area contributed by atoms with Crippen molar-refractivity contribution in [3.05, 3.63) is 29.7 Å². The first-order valence-electron chi connectivity index (χ1n) is 12.0. The normalized spacial score (nSPS) is 20.7. The quantitative estimate of drug-likeness (QED) is 0.446. The van der Waals surface area contributed by atoms with Crippen molar-refractivity contribution < 1.29 is 23.5 Å². The molecule has 1 saturated heterocycles. The molecule has 8 nitrogen and oxygen atoms in total. The van der Waals surface area contributed by atoms with Crippen molar-refractivity contribution in [2.45, 2.75) is 64.0 Å². The van der Waals surface area contributed by atoms with Crippen LogP contribution in [0.15, 0.2) is 18.2 Å². The van der Waals surface area contributed by atoms with Crippen LogP contribution in [0.25, 0.3) is 10.9 Å². The molecule has 0 bridgehead atoms. The zero-order valence-electron chi connectivity index (χ0n) is 20.2. The SMILES string of the molecule is COc1ccc(F)c2[nH]c(C(=O)CC(CC3CC3)C(=O)NC(C#N)CC3CC(C)(C)NC3=O)cc12. The molecule has 3 atom stereocenters. The molecule has 4 rings (SSSR count).